The number of carbonyl (C=O) groups is 3. The van der Waals surface area contributed by atoms with Gasteiger partial charge in [0.15, 0.2) is 0 Å². The van der Waals surface area contributed by atoms with Gasteiger partial charge in [-0.1, -0.05) is 36.4 Å². The van der Waals surface area contributed by atoms with Crippen molar-refractivity contribution in [2.45, 2.75) is 36.6 Å². The molecular formula is C30H27N3O5S. The molecule has 0 radical (unpaired) electrons. The monoisotopic (exact) mass is 541 g/mol. The van der Waals surface area contributed by atoms with E-state index in [2.05, 4.69) is 0 Å². The summed E-state index contributed by atoms with van der Waals surface area (Å²) in [6.07, 6.45) is 2.98. The molecule has 0 unspecified atom stereocenters. The number of benzene rings is 3. The predicted octanol–water partition coefficient (Wildman–Crippen LogP) is 3.57. The molecule has 0 aromatic heterocycles. The van der Waals surface area contributed by atoms with Crippen molar-refractivity contribution < 1.29 is 22.8 Å². The van der Waals surface area contributed by atoms with Crippen LogP contribution in [0.4, 0.5) is 5.69 Å². The number of fused-ring (bicyclic) bond motifs is 3. The Hall–Kier alpha value is -3.82. The van der Waals surface area contributed by atoms with Crippen molar-refractivity contribution in [2.24, 2.45) is 5.92 Å². The number of hydrogen-bond donors (Lipinski definition) is 0. The molecule has 1 aliphatic carbocycles. The van der Waals surface area contributed by atoms with Gasteiger partial charge in [0.2, 0.25) is 15.9 Å². The minimum atomic E-state index is -3.98. The lowest BCUT2D eigenvalue weighted by molar-refractivity contribution is -0.119. The Bertz CT molecular complexity index is 1630. The van der Waals surface area contributed by atoms with E-state index in [1.54, 1.807) is 47.4 Å². The summed E-state index contributed by atoms with van der Waals surface area (Å²) in [6, 6.07) is 18.6. The summed E-state index contributed by atoms with van der Waals surface area (Å²) in [5, 5.41) is 0. The standard InChI is InChI=1S/C30H27N3O5S/c34-28(20-9-10-20)31-15-13-21-17-22(11-12-26(21)31)39(37,38)33-16-14-19-5-1-2-6-23(19)27(33)18-32-29(35)24-7-3-4-8-25(24)30(32)36/h1-8,11-12,17,20,27H,9-10,13-16,18H2/t27-/m0/s1. The Balaban J connectivity index is 1.24. The Morgan fingerprint density at radius 2 is 1.49 bits per heavy atom. The summed E-state index contributed by atoms with van der Waals surface area (Å²) < 4.78 is 29.7. The number of anilines is 1. The molecule has 9 heteroatoms. The van der Waals surface area contributed by atoms with Gasteiger partial charge in [-0.2, -0.15) is 4.31 Å². The van der Waals surface area contributed by atoms with Gasteiger partial charge in [0, 0.05) is 24.7 Å². The maximum absolute atomic E-state index is 14.2. The highest BCUT2D eigenvalue weighted by Crippen LogP contribution is 2.40. The van der Waals surface area contributed by atoms with Crippen molar-refractivity contribution in [1.82, 2.24) is 9.21 Å². The lowest BCUT2D eigenvalue weighted by Gasteiger charge is -2.38. The molecule has 3 aromatic carbocycles. The second-order valence-corrected chi connectivity index (χ2v) is 12.5. The molecule has 7 rings (SSSR count). The number of imide groups is 1. The quantitative estimate of drug-likeness (QED) is 0.461. The highest BCUT2D eigenvalue weighted by atomic mass is 32.2. The van der Waals surface area contributed by atoms with Crippen molar-refractivity contribution >= 4 is 33.4 Å². The molecule has 4 aliphatic rings. The van der Waals surface area contributed by atoms with Crippen LogP contribution in [-0.4, -0.2) is 55.0 Å². The van der Waals surface area contributed by atoms with E-state index < -0.39 is 27.9 Å². The zero-order valence-corrected chi connectivity index (χ0v) is 22.1. The molecular weight excluding hydrogens is 514 g/mol. The first-order valence-corrected chi connectivity index (χ1v) is 14.8. The zero-order chi connectivity index (χ0) is 26.9. The molecule has 1 saturated carbocycles. The SMILES string of the molecule is O=C1c2ccccc2C(=O)N1C[C@H]1c2ccccc2CCN1S(=O)(=O)c1ccc2c(c1)CCN2C(=O)C1CC1. The summed E-state index contributed by atoms with van der Waals surface area (Å²) in [5.74, 6) is -0.600. The molecule has 3 aliphatic heterocycles. The van der Waals surface area contributed by atoms with Crippen LogP contribution < -0.4 is 4.90 Å². The average Bonchev–Trinajstić information content (AvgIpc) is 3.68. The van der Waals surface area contributed by atoms with Crippen LogP contribution in [0.1, 0.15) is 56.3 Å². The Kier molecular flexibility index (Phi) is 5.50. The lowest BCUT2D eigenvalue weighted by atomic mass is 9.94. The van der Waals surface area contributed by atoms with E-state index in [4.69, 9.17) is 0 Å². The largest absolute Gasteiger partial charge is 0.312 e. The van der Waals surface area contributed by atoms with Crippen molar-refractivity contribution in [3.63, 3.8) is 0 Å². The fourth-order valence-corrected chi connectivity index (χ4v) is 7.79. The summed E-state index contributed by atoms with van der Waals surface area (Å²) in [4.78, 5) is 42.2. The Morgan fingerprint density at radius 3 is 2.21 bits per heavy atom. The van der Waals surface area contributed by atoms with E-state index in [-0.39, 0.29) is 29.8 Å². The molecule has 39 heavy (non-hydrogen) atoms. The summed E-state index contributed by atoms with van der Waals surface area (Å²) in [5.41, 5.74) is 4.12. The Labute approximate surface area is 226 Å². The van der Waals surface area contributed by atoms with Crippen LogP contribution in [0.3, 0.4) is 0 Å². The number of amides is 3. The summed E-state index contributed by atoms with van der Waals surface area (Å²) >= 11 is 0. The maximum atomic E-state index is 14.2. The van der Waals surface area contributed by atoms with E-state index in [0.717, 1.165) is 35.2 Å². The van der Waals surface area contributed by atoms with Gasteiger partial charge in [-0.15, -0.1) is 0 Å². The van der Waals surface area contributed by atoms with E-state index in [1.165, 1.54) is 9.21 Å². The highest BCUT2D eigenvalue weighted by molar-refractivity contribution is 7.89. The van der Waals surface area contributed by atoms with Gasteiger partial charge >= 0.3 is 0 Å². The summed E-state index contributed by atoms with van der Waals surface area (Å²) in [7, 11) is -3.98. The molecule has 3 amide bonds. The molecule has 1 atom stereocenters. The first-order chi connectivity index (χ1) is 18.8. The Morgan fingerprint density at radius 1 is 0.821 bits per heavy atom. The van der Waals surface area contributed by atoms with Gasteiger partial charge in [0.25, 0.3) is 11.8 Å². The molecule has 3 heterocycles. The van der Waals surface area contributed by atoms with Crippen molar-refractivity contribution in [3.8, 4) is 0 Å². The van der Waals surface area contributed by atoms with Crippen LogP contribution in [0.25, 0.3) is 0 Å². The van der Waals surface area contributed by atoms with Crippen LogP contribution in [0, 0.1) is 5.92 Å². The predicted molar refractivity (Wildman–Crippen MR) is 144 cm³/mol. The third kappa shape index (κ3) is 3.83. The smallest absolute Gasteiger partial charge is 0.261 e. The van der Waals surface area contributed by atoms with E-state index in [0.29, 0.717) is 30.5 Å². The second kappa shape index (κ2) is 8.86. The molecule has 8 nitrogen and oxygen atoms in total. The molecule has 0 N–H and O–H groups in total. The van der Waals surface area contributed by atoms with E-state index in [1.807, 2.05) is 24.3 Å². The van der Waals surface area contributed by atoms with Crippen molar-refractivity contribution in [3.05, 3.63) is 94.5 Å². The van der Waals surface area contributed by atoms with Gasteiger partial charge in [-0.05, 0) is 72.7 Å². The van der Waals surface area contributed by atoms with E-state index in [9.17, 15) is 22.8 Å². The van der Waals surface area contributed by atoms with Gasteiger partial charge in [0.05, 0.1) is 28.6 Å². The molecule has 0 spiro atoms. The average molecular weight is 542 g/mol. The van der Waals surface area contributed by atoms with Gasteiger partial charge < -0.3 is 4.90 Å². The fourth-order valence-electron chi connectivity index (χ4n) is 6.14. The van der Waals surface area contributed by atoms with Crippen LogP contribution in [0.5, 0.6) is 0 Å². The molecule has 1 fully saturated rings. The minimum absolute atomic E-state index is 0.0722. The van der Waals surface area contributed by atoms with Crippen molar-refractivity contribution in [2.75, 3.05) is 24.5 Å². The van der Waals surface area contributed by atoms with Crippen LogP contribution in [-0.2, 0) is 27.7 Å². The molecule has 0 saturated heterocycles. The molecule has 198 valence electrons. The van der Waals surface area contributed by atoms with Crippen LogP contribution in [0.2, 0.25) is 0 Å². The van der Waals surface area contributed by atoms with Crippen LogP contribution in [0.15, 0.2) is 71.6 Å². The molecule has 0 bridgehead atoms. The highest BCUT2D eigenvalue weighted by Gasteiger charge is 2.43. The second-order valence-electron chi connectivity index (χ2n) is 10.7. The zero-order valence-electron chi connectivity index (χ0n) is 21.2. The third-order valence-electron chi connectivity index (χ3n) is 8.34. The van der Waals surface area contributed by atoms with Gasteiger partial charge in [-0.3, -0.25) is 19.3 Å². The molecule has 3 aromatic rings. The van der Waals surface area contributed by atoms with Gasteiger partial charge in [-0.25, -0.2) is 8.42 Å². The first-order valence-electron chi connectivity index (χ1n) is 13.3. The summed E-state index contributed by atoms with van der Waals surface area (Å²) in [6.45, 7) is 0.724. The number of carbonyl (C=O) groups excluding carboxylic acids is 3. The fraction of sp³-hybridized carbons (Fsp3) is 0.300. The number of hydrogen-bond acceptors (Lipinski definition) is 5. The topological polar surface area (TPSA) is 95.1 Å². The van der Waals surface area contributed by atoms with Gasteiger partial charge in [0.1, 0.15) is 0 Å². The number of sulfonamides is 1. The normalized spacial score (nSPS) is 20.7. The first kappa shape index (κ1) is 24.2. The van der Waals surface area contributed by atoms with E-state index >= 15 is 0 Å². The van der Waals surface area contributed by atoms with Crippen molar-refractivity contribution in [1.29, 1.82) is 0 Å². The van der Waals surface area contributed by atoms with Crippen LogP contribution >= 0.6 is 0 Å². The number of rotatable bonds is 5. The maximum Gasteiger partial charge on any atom is 0.261 e. The minimum Gasteiger partial charge on any atom is -0.312 e. The third-order valence-corrected chi connectivity index (χ3v) is 10.2. The lowest BCUT2D eigenvalue weighted by Crippen LogP contribution is -2.46. The number of nitrogens with zero attached hydrogens (tertiary/aromatic N) is 3.